The summed E-state index contributed by atoms with van der Waals surface area (Å²) in [4.78, 5) is 16.0. The number of hydrogen-bond donors (Lipinski definition) is 0. The molecule has 0 aliphatic carbocycles. The van der Waals surface area contributed by atoms with Gasteiger partial charge in [-0.3, -0.25) is 4.79 Å². The maximum absolute atomic E-state index is 13.1. The van der Waals surface area contributed by atoms with Gasteiger partial charge < -0.3 is 9.42 Å². The number of benzene rings is 2. The second kappa shape index (κ2) is 7.96. The molecule has 0 N–H and O–H groups in total. The molecule has 6 nitrogen and oxygen atoms in total. The highest BCUT2D eigenvalue weighted by molar-refractivity contribution is 8.26. The summed E-state index contributed by atoms with van der Waals surface area (Å²) in [6.07, 6.45) is 1.90. The van der Waals surface area contributed by atoms with Gasteiger partial charge in [0, 0.05) is 31.7 Å². The maximum atomic E-state index is 13.1. The van der Waals surface area contributed by atoms with Crippen LogP contribution in [0, 0.1) is 0 Å². The molecule has 8 heteroatoms. The Hall–Kier alpha value is -2.52. The third-order valence-corrected chi connectivity index (χ3v) is 6.65. The number of rotatable bonds is 3. The van der Waals surface area contributed by atoms with Gasteiger partial charge in [-0.15, -0.1) is 0 Å². The fraction of sp³-hybridized carbons (Fsp3) is 0.227. The van der Waals surface area contributed by atoms with E-state index in [1.54, 1.807) is 5.01 Å². The second-order valence-corrected chi connectivity index (χ2v) is 9.08. The fourth-order valence-corrected chi connectivity index (χ4v) is 5.01. The SMILES string of the molecule is CN1CCN(N2C(=O)/C(=C/c3ccc4noc(-c5ccccc5)c4c3)SC2=S)CC1. The molecule has 0 atom stereocenters. The molecule has 0 unspecified atom stereocenters. The Labute approximate surface area is 184 Å². The molecule has 0 spiro atoms. The zero-order valence-corrected chi connectivity index (χ0v) is 18.1. The minimum absolute atomic E-state index is 0.0525. The molecule has 2 aliphatic heterocycles. The molecule has 2 aliphatic rings. The number of fused-ring (bicyclic) bond motifs is 1. The molecular formula is C22H20N4O2S2. The molecular weight excluding hydrogens is 416 g/mol. The molecule has 152 valence electrons. The zero-order valence-electron chi connectivity index (χ0n) is 16.4. The van der Waals surface area contributed by atoms with Crippen LogP contribution < -0.4 is 0 Å². The van der Waals surface area contributed by atoms with Crippen molar-refractivity contribution < 1.29 is 9.32 Å². The van der Waals surface area contributed by atoms with Crippen LogP contribution in [0.5, 0.6) is 0 Å². The van der Waals surface area contributed by atoms with Crippen molar-refractivity contribution >= 4 is 51.2 Å². The Morgan fingerprint density at radius 2 is 1.87 bits per heavy atom. The smallest absolute Gasteiger partial charge is 0.280 e. The van der Waals surface area contributed by atoms with E-state index >= 15 is 0 Å². The number of hydrazine groups is 1. The summed E-state index contributed by atoms with van der Waals surface area (Å²) in [7, 11) is 2.09. The Kier molecular flexibility index (Phi) is 5.16. The highest BCUT2D eigenvalue weighted by Crippen LogP contribution is 2.35. The first-order valence-electron chi connectivity index (χ1n) is 9.76. The van der Waals surface area contributed by atoms with Crippen molar-refractivity contribution in [1.29, 1.82) is 0 Å². The van der Waals surface area contributed by atoms with Crippen molar-refractivity contribution in [1.82, 2.24) is 20.1 Å². The van der Waals surface area contributed by atoms with Crippen LogP contribution in [0.4, 0.5) is 0 Å². The number of carbonyl (C=O) groups excluding carboxylic acids is 1. The molecule has 1 aromatic heterocycles. The number of thioether (sulfide) groups is 1. The molecule has 0 bridgehead atoms. The summed E-state index contributed by atoms with van der Waals surface area (Å²) in [5, 5.41) is 8.80. The van der Waals surface area contributed by atoms with E-state index in [1.165, 1.54) is 11.8 Å². The lowest BCUT2D eigenvalue weighted by Crippen LogP contribution is -2.54. The Morgan fingerprint density at radius 1 is 1.10 bits per heavy atom. The van der Waals surface area contributed by atoms with Crippen LogP contribution in [-0.4, -0.2) is 63.5 Å². The first kappa shape index (κ1) is 19.4. The zero-order chi connectivity index (χ0) is 20.7. The van der Waals surface area contributed by atoms with Gasteiger partial charge in [-0.25, -0.2) is 10.0 Å². The summed E-state index contributed by atoms with van der Waals surface area (Å²) in [5.41, 5.74) is 2.68. The summed E-state index contributed by atoms with van der Waals surface area (Å²) in [6.45, 7) is 3.43. The predicted molar refractivity (Wildman–Crippen MR) is 124 cm³/mol. The standard InChI is InChI=1S/C22H20N4O2S2/c1-24-9-11-25(12-10-24)26-21(27)19(30-22(26)29)14-15-7-8-18-17(13-15)20(28-23-18)16-5-3-2-4-6-16/h2-8,13-14H,9-12H2,1H3/b19-14-. The third-order valence-electron chi connectivity index (χ3n) is 5.37. The molecule has 0 radical (unpaired) electrons. The lowest BCUT2D eigenvalue weighted by molar-refractivity contribution is -0.135. The Bertz CT molecular complexity index is 1150. The first-order chi connectivity index (χ1) is 14.6. The van der Waals surface area contributed by atoms with Crippen molar-refractivity contribution in [2.75, 3.05) is 33.2 Å². The van der Waals surface area contributed by atoms with E-state index in [0.29, 0.717) is 9.23 Å². The number of carbonyl (C=O) groups is 1. The van der Waals surface area contributed by atoms with E-state index in [2.05, 4.69) is 22.1 Å². The lowest BCUT2D eigenvalue weighted by atomic mass is 10.1. The third kappa shape index (κ3) is 3.56. The molecule has 2 fully saturated rings. The number of nitrogens with zero attached hydrogens (tertiary/aromatic N) is 4. The van der Waals surface area contributed by atoms with Crippen LogP contribution in [-0.2, 0) is 4.79 Å². The number of aromatic nitrogens is 1. The summed E-state index contributed by atoms with van der Waals surface area (Å²) in [6, 6.07) is 15.8. The molecule has 2 saturated heterocycles. The molecule has 0 saturated carbocycles. The van der Waals surface area contributed by atoms with Gasteiger partial charge in [0.25, 0.3) is 5.91 Å². The first-order valence-corrected chi connectivity index (χ1v) is 11.0. The van der Waals surface area contributed by atoms with Crippen LogP contribution in [0.3, 0.4) is 0 Å². The van der Waals surface area contributed by atoms with Crippen molar-refractivity contribution in [3.63, 3.8) is 0 Å². The molecule has 3 heterocycles. The van der Waals surface area contributed by atoms with Crippen LogP contribution in [0.15, 0.2) is 58.0 Å². The number of thiocarbonyl (C=S) groups is 1. The van der Waals surface area contributed by atoms with E-state index < -0.39 is 0 Å². The van der Waals surface area contributed by atoms with Gasteiger partial charge in [-0.05, 0) is 30.8 Å². The summed E-state index contributed by atoms with van der Waals surface area (Å²) >= 11 is 6.87. The van der Waals surface area contributed by atoms with Gasteiger partial charge in [-0.2, -0.15) is 0 Å². The fourth-order valence-electron chi connectivity index (χ4n) is 3.70. The van der Waals surface area contributed by atoms with E-state index in [0.717, 1.165) is 54.0 Å². The normalized spacial score (nSPS) is 20.0. The quantitative estimate of drug-likeness (QED) is 0.456. The topological polar surface area (TPSA) is 52.8 Å². The minimum Gasteiger partial charge on any atom is -0.355 e. The molecule has 30 heavy (non-hydrogen) atoms. The van der Waals surface area contributed by atoms with Crippen molar-refractivity contribution in [2.45, 2.75) is 0 Å². The van der Waals surface area contributed by atoms with Gasteiger partial charge in [0.2, 0.25) is 0 Å². The average Bonchev–Trinajstić information content (AvgIpc) is 3.30. The Morgan fingerprint density at radius 3 is 2.63 bits per heavy atom. The minimum atomic E-state index is -0.0525. The lowest BCUT2D eigenvalue weighted by Gasteiger charge is -2.37. The van der Waals surface area contributed by atoms with E-state index in [-0.39, 0.29) is 5.91 Å². The molecule has 5 rings (SSSR count). The highest BCUT2D eigenvalue weighted by Gasteiger charge is 2.37. The van der Waals surface area contributed by atoms with Gasteiger partial charge in [0.15, 0.2) is 10.1 Å². The van der Waals surface area contributed by atoms with Crippen LogP contribution >= 0.6 is 24.0 Å². The van der Waals surface area contributed by atoms with E-state index in [4.69, 9.17) is 16.7 Å². The van der Waals surface area contributed by atoms with E-state index in [9.17, 15) is 4.79 Å². The van der Waals surface area contributed by atoms with Crippen LogP contribution in [0.2, 0.25) is 0 Å². The van der Waals surface area contributed by atoms with Gasteiger partial charge in [0.05, 0.1) is 10.3 Å². The average molecular weight is 437 g/mol. The van der Waals surface area contributed by atoms with Gasteiger partial charge in [-0.1, -0.05) is 65.5 Å². The number of likely N-dealkylation sites (N-methyl/N-ethyl adjacent to an activating group) is 1. The molecule has 2 aromatic carbocycles. The Balaban J connectivity index is 1.45. The van der Waals surface area contributed by atoms with Gasteiger partial charge >= 0.3 is 0 Å². The second-order valence-electron chi connectivity index (χ2n) is 7.40. The number of amides is 1. The highest BCUT2D eigenvalue weighted by atomic mass is 32.2. The van der Waals surface area contributed by atoms with Gasteiger partial charge in [0.1, 0.15) is 5.52 Å². The molecule has 1 amide bonds. The molecule has 3 aromatic rings. The largest absolute Gasteiger partial charge is 0.355 e. The number of piperazine rings is 1. The van der Waals surface area contributed by atoms with Crippen LogP contribution in [0.1, 0.15) is 5.56 Å². The maximum Gasteiger partial charge on any atom is 0.280 e. The van der Waals surface area contributed by atoms with Crippen LogP contribution in [0.25, 0.3) is 28.3 Å². The van der Waals surface area contributed by atoms with Crippen molar-refractivity contribution in [2.24, 2.45) is 0 Å². The monoisotopic (exact) mass is 436 g/mol. The van der Waals surface area contributed by atoms with Crippen molar-refractivity contribution in [3.8, 4) is 11.3 Å². The summed E-state index contributed by atoms with van der Waals surface area (Å²) in [5.74, 6) is 0.675. The van der Waals surface area contributed by atoms with Crippen molar-refractivity contribution in [3.05, 3.63) is 59.0 Å². The predicted octanol–water partition coefficient (Wildman–Crippen LogP) is 3.86. The summed E-state index contributed by atoms with van der Waals surface area (Å²) < 4.78 is 6.18. The number of hydrogen-bond acceptors (Lipinski definition) is 7. The van der Waals surface area contributed by atoms with E-state index in [1.807, 2.05) is 54.6 Å².